The van der Waals surface area contributed by atoms with Crippen LogP contribution in [0.3, 0.4) is 0 Å². The van der Waals surface area contributed by atoms with Crippen LogP contribution in [-0.4, -0.2) is 39.8 Å². The fourth-order valence-corrected chi connectivity index (χ4v) is 4.58. The zero-order valence-corrected chi connectivity index (χ0v) is 21.2. The number of fused-ring (bicyclic) bond motifs is 4. The van der Waals surface area contributed by atoms with E-state index in [1.165, 1.54) is 10.9 Å². The first-order valence-corrected chi connectivity index (χ1v) is 12.2. The lowest BCUT2D eigenvalue weighted by Crippen LogP contribution is -2.62. The Morgan fingerprint density at radius 1 is 1.10 bits per heavy atom. The third-order valence-corrected chi connectivity index (χ3v) is 6.90. The summed E-state index contributed by atoms with van der Waals surface area (Å²) in [6.45, 7) is 3.38. The lowest BCUT2D eigenvalue weighted by atomic mass is 10.1. The average Bonchev–Trinajstić information content (AvgIpc) is 3.01. The van der Waals surface area contributed by atoms with Gasteiger partial charge >= 0.3 is 0 Å². The summed E-state index contributed by atoms with van der Waals surface area (Å²) in [5.41, 5.74) is -1.78. The number of halogens is 3. The van der Waals surface area contributed by atoms with Gasteiger partial charge in [-0.05, 0) is 25.5 Å². The summed E-state index contributed by atoms with van der Waals surface area (Å²) in [7, 11) is 0. The van der Waals surface area contributed by atoms with Gasteiger partial charge in [0.2, 0.25) is 0 Å². The number of rotatable bonds is 6. The molecule has 0 fully saturated rings. The van der Waals surface area contributed by atoms with E-state index in [1.807, 2.05) is 49.4 Å². The van der Waals surface area contributed by atoms with Gasteiger partial charge in [0.15, 0.2) is 11.2 Å². The second-order valence-electron chi connectivity index (χ2n) is 9.56. The van der Waals surface area contributed by atoms with Crippen molar-refractivity contribution in [2.75, 3.05) is 11.7 Å². The summed E-state index contributed by atoms with van der Waals surface area (Å²) in [6.07, 6.45) is 4.88. The van der Waals surface area contributed by atoms with E-state index in [-0.39, 0.29) is 30.6 Å². The molecule has 2 unspecified atom stereocenters. The number of pyridine rings is 1. The number of nitrogens with zero attached hydrogens (tertiary/aromatic N) is 3. The van der Waals surface area contributed by atoms with Crippen molar-refractivity contribution in [2.24, 2.45) is 0 Å². The van der Waals surface area contributed by atoms with E-state index in [9.17, 15) is 27.6 Å². The molecule has 5 rings (SSSR count). The molecule has 0 aliphatic carbocycles. The summed E-state index contributed by atoms with van der Waals surface area (Å²) >= 11 is 0. The van der Waals surface area contributed by atoms with Crippen LogP contribution in [0.15, 0.2) is 71.7 Å². The maximum absolute atomic E-state index is 14.0. The topological polar surface area (TPSA) is 83.9 Å². The second-order valence-corrected chi connectivity index (χ2v) is 9.56. The van der Waals surface area contributed by atoms with Crippen LogP contribution in [0.5, 0.6) is 0 Å². The van der Waals surface area contributed by atoms with Crippen molar-refractivity contribution in [1.82, 2.24) is 14.9 Å². The van der Waals surface area contributed by atoms with E-state index in [0.717, 1.165) is 11.6 Å². The lowest BCUT2D eigenvalue weighted by Gasteiger charge is -2.46. The van der Waals surface area contributed by atoms with Gasteiger partial charge in [-0.15, -0.1) is 0 Å². The number of carbonyl (C=O) groups is 2. The molecule has 2 aromatic carbocycles. The van der Waals surface area contributed by atoms with Crippen molar-refractivity contribution >= 4 is 11.8 Å². The van der Waals surface area contributed by atoms with Gasteiger partial charge < -0.3 is 15.0 Å². The number of hydrogen-bond donors (Lipinski definition) is 1. The molecular weight excluding hydrogens is 513 g/mol. The Balaban J connectivity index is 1.48. The van der Waals surface area contributed by atoms with Crippen LogP contribution in [0.2, 0.25) is 0 Å². The Morgan fingerprint density at radius 3 is 2.49 bits per heavy atom. The van der Waals surface area contributed by atoms with Gasteiger partial charge in [0, 0.05) is 42.5 Å². The van der Waals surface area contributed by atoms with Gasteiger partial charge in [-0.2, -0.15) is 0 Å². The van der Waals surface area contributed by atoms with Crippen LogP contribution in [0, 0.1) is 17.5 Å². The van der Waals surface area contributed by atoms with E-state index < -0.39 is 52.5 Å². The van der Waals surface area contributed by atoms with Crippen LogP contribution in [-0.2, 0) is 17.9 Å². The highest BCUT2D eigenvalue weighted by molar-refractivity contribution is 5.97. The molecule has 2 atom stereocenters. The first-order chi connectivity index (χ1) is 18.6. The minimum absolute atomic E-state index is 0.0310. The van der Waals surface area contributed by atoms with Crippen LogP contribution < -0.4 is 15.8 Å². The van der Waals surface area contributed by atoms with Crippen LogP contribution in [0.25, 0.3) is 0 Å². The Morgan fingerprint density at radius 2 is 1.79 bits per heavy atom. The molecule has 2 aliphatic rings. The second kappa shape index (κ2) is 10.1. The lowest BCUT2D eigenvalue weighted by molar-refractivity contribution is -0.0331. The number of aromatic nitrogens is 1. The van der Waals surface area contributed by atoms with Gasteiger partial charge in [-0.25, -0.2) is 13.2 Å². The molecule has 0 saturated carbocycles. The molecule has 1 N–H and O–H groups in total. The van der Waals surface area contributed by atoms with Gasteiger partial charge in [-0.1, -0.05) is 36.4 Å². The Kier molecular flexibility index (Phi) is 6.77. The quantitative estimate of drug-likeness (QED) is 0.487. The average molecular weight is 539 g/mol. The highest BCUT2D eigenvalue weighted by Crippen LogP contribution is 2.29. The Bertz CT molecular complexity index is 1520. The largest absolute Gasteiger partial charge is 0.348 e. The van der Waals surface area contributed by atoms with Gasteiger partial charge in [0.25, 0.3) is 11.8 Å². The molecule has 0 spiro atoms. The highest BCUT2D eigenvalue weighted by atomic mass is 19.1. The number of carbonyl (C=O) groups excluding carboxylic acids is 2. The van der Waals surface area contributed by atoms with Crippen LogP contribution >= 0.6 is 0 Å². The monoisotopic (exact) mass is 538 g/mol. The minimum atomic E-state index is -1.17. The number of hydrogen-bond acceptors (Lipinski definition) is 5. The van der Waals surface area contributed by atoms with Crippen molar-refractivity contribution < 1.29 is 27.5 Å². The molecule has 2 amide bonds. The van der Waals surface area contributed by atoms with E-state index in [2.05, 4.69) is 5.32 Å². The number of ether oxygens (including phenoxy) is 1. The smallest absolute Gasteiger partial charge is 0.274 e. The third kappa shape index (κ3) is 4.92. The standard InChI is InChI=1S/C28H25F3N4O4/c1-17-8-9-28(2,39-15-18-6-4-3-5-7-18)35-16-33(17)27(38)24-12-25(36)21(14-34(24)35)26(37)32-13-20-22(30)10-19(29)11-23(20)31/h3-12,14,17H,13,15-16H2,1-2H3,(H,32,37). The SMILES string of the molecule is CC1C=CC(C)(OCc2ccccc2)N2CN1C(=O)c1cc(=O)c(C(=O)NCc3c(F)cc(F)cc3F)cn12. The molecule has 0 saturated heterocycles. The Labute approximate surface area is 221 Å². The number of benzene rings is 2. The summed E-state index contributed by atoms with van der Waals surface area (Å²) in [5, 5.41) is 4.01. The maximum atomic E-state index is 14.0. The van der Waals surface area contributed by atoms with Gasteiger partial charge in [-0.3, -0.25) is 24.1 Å². The minimum Gasteiger partial charge on any atom is -0.348 e. The molecule has 2 aliphatic heterocycles. The summed E-state index contributed by atoms with van der Waals surface area (Å²) < 4.78 is 49.0. The number of amides is 2. The molecule has 3 aromatic rings. The predicted molar refractivity (Wildman–Crippen MR) is 136 cm³/mol. The van der Waals surface area contributed by atoms with Crippen LogP contribution in [0.1, 0.15) is 45.8 Å². The van der Waals surface area contributed by atoms with Gasteiger partial charge in [0.05, 0.1) is 6.61 Å². The van der Waals surface area contributed by atoms with E-state index in [0.29, 0.717) is 12.1 Å². The van der Waals surface area contributed by atoms with Gasteiger partial charge in [0.1, 0.15) is 35.4 Å². The summed E-state index contributed by atoms with van der Waals surface area (Å²) in [4.78, 5) is 40.7. The van der Waals surface area contributed by atoms with E-state index in [4.69, 9.17) is 4.74 Å². The zero-order valence-electron chi connectivity index (χ0n) is 21.2. The zero-order chi connectivity index (χ0) is 27.9. The molecule has 2 bridgehead atoms. The van der Waals surface area contributed by atoms with E-state index in [1.54, 1.807) is 16.8 Å². The summed E-state index contributed by atoms with van der Waals surface area (Å²) in [5.74, 6) is -4.76. The van der Waals surface area contributed by atoms with Crippen molar-refractivity contribution in [2.45, 2.75) is 38.8 Å². The van der Waals surface area contributed by atoms with Crippen molar-refractivity contribution in [3.8, 4) is 0 Å². The molecule has 1 aromatic heterocycles. The highest BCUT2D eigenvalue weighted by Gasteiger charge is 2.42. The van der Waals surface area contributed by atoms with Crippen LogP contribution in [0.4, 0.5) is 13.2 Å². The molecule has 3 heterocycles. The fourth-order valence-electron chi connectivity index (χ4n) is 4.58. The normalized spacial score (nSPS) is 20.0. The molecule has 0 radical (unpaired) electrons. The molecule has 39 heavy (non-hydrogen) atoms. The maximum Gasteiger partial charge on any atom is 0.274 e. The first-order valence-electron chi connectivity index (χ1n) is 12.2. The molecule has 202 valence electrons. The molecular formula is C28H25F3N4O4. The Hall–Kier alpha value is -4.38. The third-order valence-electron chi connectivity index (χ3n) is 6.90. The molecule has 8 nitrogen and oxygen atoms in total. The summed E-state index contributed by atoms with van der Waals surface area (Å²) in [6, 6.07) is 11.3. The first kappa shape index (κ1) is 26.2. The van der Waals surface area contributed by atoms with Crippen molar-refractivity contribution in [3.05, 3.63) is 117 Å². The van der Waals surface area contributed by atoms with Crippen molar-refractivity contribution in [1.29, 1.82) is 0 Å². The predicted octanol–water partition coefficient (Wildman–Crippen LogP) is 3.44. The molecule has 11 heteroatoms. The fraction of sp³-hybridized carbons (Fsp3) is 0.250. The van der Waals surface area contributed by atoms with E-state index >= 15 is 0 Å². The van der Waals surface area contributed by atoms with Crippen molar-refractivity contribution in [3.63, 3.8) is 0 Å². The number of nitrogens with one attached hydrogen (secondary N) is 1.